The fourth-order valence-corrected chi connectivity index (χ4v) is 19.9. The Labute approximate surface area is 414 Å². The number of aromatic nitrogens is 2. The molecule has 5 saturated carbocycles. The molecule has 1 aromatic heterocycles. The Morgan fingerprint density at radius 3 is 2.46 bits per heavy atom. The number of rotatable bonds is 9. The quantitative estimate of drug-likeness (QED) is 0.0423. The van der Waals surface area contributed by atoms with Gasteiger partial charge in [-0.05, 0) is 149 Å². The van der Waals surface area contributed by atoms with Gasteiger partial charge < -0.3 is 51.6 Å². The van der Waals surface area contributed by atoms with Gasteiger partial charge in [0.05, 0.1) is 30.2 Å². The molecule has 6 fully saturated rings. The van der Waals surface area contributed by atoms with Gasteiger partial charge in [0.25, 0.3) is 0 Å². The fourth-order valence-electron chi connectivity index (χ4n) is 16.6. The van der Waals surface area contributed by atoms with E-state index >= 15 is 4.79 Å². The number of nitrogens with zero attached hydrogens (tertiary/aromatic N) is 3. The molecule has 8 rings (SSSR count). The van der Waals surface area contributed by atoms with E-state index in [1.54, 1.807) is 25.6 Å². The zero-order valence-corrected chi connectivity index (χ0v) is 43.7. The highest BCUT2D eigenvalue weighted by atomic mass is 33.1. The second kappa shape index (κ2) is 20.5. The van der Waals surface area contributed by atoms with E-state index in [4.69, 9.17) is 10.7 Å². The van der Waals surface area contributed by atoms with Crippen LogP contribution in [-0.4, -0.2) is 120 Å². The number of hydrogen-bond donors (Lipinski definition) is 9. The molecule has 68 heavy (non-hydrogen) atoms. The normalized spacial score (nSPS) is 43.5. The van der Waals surface area contributed by atoms with E-state index in [0.717, 1.165) is 25.0 Å². The molecule has 16 atom stereocenters. The van der Waals surface area contributed by atoms with Crippen LogP contribution in [0.1, 0.15) is 144 Å². The molecule has 1 spiro atoms. The maximum Gasteiger partial charge on any atom is 0.190 e. The molecular formula is C53H86N6O7S2. The van der Waals surface area contributed by atoms with E-state index < -0.39 is 58.7 Å². The molecule has 7 aliphatic rings. The molecule has 0 unspecified atom stereocenters. The van der Waals surface area contributed by atoms with E-state index in [1.807, 2.05) is 34.1 Å². The summed E-state index contributed by atoms with van der Waals surface area (Å²) in [7, 11) is 5.45. The average molecular weight is 983 g/mol. The number of allylic oxidation sites excluding steroid dienone is 2. The van der Waals surface area contributed by atoms with Gasteiger partial charge in [-0.15, -0.1) is 0 Å². The largest absolute Gasteiger partial charge is 0.396 e. The minimum atomic E-state index is -1.50. The van der Waals surface area contributed by atoms with Crippen LogP contribution in [-0.2, 0) is 4.79 Å². The second-order valence-electron chi connectivity index (χ2n) is 24.1. The van der Waals surface area contributed by atoms with Crippen LogP contribution in [0.3, 0.4) is 0 Å². The van der Waals surface area contributed by atoms with E-state index in [-0.39, 0.29) is 71.7 Å². The number of nitrogens with two attached hydrogens (primary N) is 1. The number of aliphatic hydroxyl groups is 6. The van der Waals surface area contributed by atoms with Crippen molar-refractivity contribution < 1.29 is 35.4 Å². The van der Waals surface area contributed by atoms with Crippen molar-refractivity contribution in [2.45, 2.75) is 179 Å². The highest BCUT2D eigenvalue weighted by molar-refractivity contribution is 8.76. The molecule has 10 N–H and O–H groups in total. The van der Waals surface area contributed by atoms with Crippen molar-refractivity contribution in [2.75, 3.05) is 32.5 Å². The Morgan fingerprint density at radius 2 is 1.78 bits per heavy atom. The van der Waals surface area contributed by atoms with Crippen molar-refractivity contribution in [1.82, 2.24) is 20.2 Å². The van der Waals surface area contributed by atoms with Gasteiger partial charge in [0.15, 0.2) is 11.7 Å². The number of aliphatic hydroxyl groups excluding tert-OH is 5. The minimum Gasteiger partial charge on any atom is -0.396 e. The Kier molecular flexibility index (Phi) is 15.8. The van der Waals surface area contributed by atoms with Gasteiger partial charge >= 0.3 is 0 Å². The highest BCUT2D eigenvalue weighted by Crippen LogP contribution is 2.73. The molecule has 0 radical (unpaired) electrons. The summed E-state index contributed by atoms with van der Waals surface area (Å²) >= 11 is 0. The standard InChI is InChI=1S/C53H86N6O7S2/c1-31-37-20-39(53(66)40-22-42(63)46-36(28-55-7)47(65)43(64)26-50(46,5)45(40)34(23-51(37,53)6)27-57-48(54)58-32(2)61)44(13-11-19-60)68-67-29-35(59-18-17-56-30-59)25-49(3,4)38(21-41(31)62)33-12-10-16-52(24-33)14-8-9-15-52/h17-18,22,30-32,34-37,39,41,43-47,55,60-62,64-66H,8-16,19-21,23-29H2,1-7H3,(H3,54,57,58)/b38-33+/t31-,32+,34+,35+,36-,37+,39+,41+,43-,44-,45-,46-,47+,50+,51+,53+/m0/s1. The molecule has 15 heteroatoms. The predicted molar refractivity (Wildman–Crippen MR) is 272 cm³/mol. The SMILES string of the molecule is CNC[C@@H]1[C@@H](O)[C@@H](O)C[C@]2(C)[C@@H]3C(=CC(=O)[C@H]12)[C@]1(O)[C@@H]2C[C@H]([C@H](C)[C@H](O)C/C(=C4/CCCC5(CCCC5)C4)C(C)(C)C[C@@H](n4ccnc4)CSS[C@H]2CCCO)[C@@]1(C)C[C@@H]3CN=C(N)N[C@@H](C)O. The summed E-state index contributed by atoms with van der Waals surface area (Å²) in [5.41, 5.74) is 7.01. The monoisotopic (exact) mass is 983 g/mol. The highest BCUT2D eigenvalue weighted by Gasteiger charge is 2.73. The Morgan fingerprint density at radius 1 is 1.04 bits per heavy atom. The van der Waals surface area contributed by atoms with Crippen LogP contribution in [0.5, 0.6) is 0 Å². The molecule has 1 aromatic rings. The van der Waals surface area contributed by atoms with Gasteiger partial charge in [-0.2, -0.15) is 0 Å². The predicted octanol–water partition coefficient (Wildman–Crippen LogP) is 6.54. The minimum absolute atomic E-state index is 0.0197. The van der Waals surface area contributed by atoms with Gasteiger partial charge in [-0.25, -0.2) is 4.98 Å². The molecule has 13 nitrogen and oxygen atoms in total. The van der Waals surface area contributed by atoms with Gasteiger partial charge in [0.2, 0.25) is 0 Å². The van der Waals surface area contributed by atoms with Crippen LogP contribution >= 0.6 is 21.6 Å². The Balaban J connectivity index is 1.29. The molecule has 6 aliphatic carbocycles. The lowest BCUT2D eigenvalue weighted by atomic mass is 9.41. The van der Waals surface area contributed by atoms with Gasteiger partial charge in [-0.3, -0.25) is 9.79 Å². The van der Waals surface area contributed by atoms with Crippen LogP contribution in [0.2, 0.25) is 0 Å². The first kappa shape index (κ1) is 52.4. The number of hydrogen-bond acceptors (Lipinski definition) is 12. The summed E-state index contributed by atoms with van der Waals surface area (Å²) in [4.78, 5) is 24.5. The number of aliphatic imine (C=N–C) groups is 1. The van der Waals surface area contributed by atoms with Crippen molar-refractivity contribution in [2.24, 2.45) is 73.8 Å². The molecule has 2 heterocycles. The maximum absolute atomic E-state index is 15.1. The number of ketones is 1. The lowest BCUT2D eigenvalue weighted by Gasteiger charge is -2.64. The summed E-state index contributed by atoms with van der Waals surface area (Å²) in [6, 6.07) is 0.121. The first-order valence-electron chi connectivity index (χ1n) is 26.2. The summed E-state index contributed by atoms with van der Waals surface area (Å²) in [5.74, 6) is -1.79. The lowest BCUT2D eigenvalue weighted by molar-refractivity contribution is -0.183. The summed E-state index contributed by atoms with van der Waals surface area (Å²) in [6.45, 7) is 13.5. The molecule has 0 aromatic carbocycles. The number of nitrogens with one attached hydrogen (secondary N) is 2. The van der Waals surface area contributed by atoms with Crippen molar-refractivity contribution in [3.05, 3.63) is 41.5 Å². The van der Waals surface area contributed by atoms with Crippen molar-refractivity contribution in [3.8, 4) is 0 Å². The zero-order chi connectivity index (χ0) is 49.0. The van der Waals surface area contributed by atoms with Gasteiger partial charge in [0.1, 0.15) is 6.23 Å². The van der Waals surface area contributed by atoms with Crippen molar-refractivity contribution in [1.29, 1.82) is 0 Å². The Bertz CT molecular complexity index is 2020. The summed E-state index contributed by atoms with van der Waals surface area (Å²) in [5, 5.41) is 77.4. The van der Waals surface area contributed by atoms with Crippen LogP contribution in [0.25, 0.3) is 0 Å². The number of fused-ring (bicyclic) bond motifs is 9. The zero-order valence-electron chi connectivity index (χ0n) is 42.1. The number of imidazole rings is 1. The van der Waals surface area contributed by atoms with Crippen molar-refractivity contribution >= 4 is 33.3 Å². The van der Waals surface area contributed by atoms with Crippen LogP contribution in [0.4, 0.5) is 0 Å². The van der Waals surface area contributed by atoms with E-state index in [2.05, 4.69) is 61.0 Å². The van der Waals surface area contributed by atoms with Crippen molar-refractivity contribution in [3.63, 3.8) is 0 Å². The van der Waals surface area contributed by atoms with Crippen LogP contribution in [0.15, 0.2) is 46.5 Å². The number of carbonyl (C=O) groups excluding carboxylic acids is 1. The molecule has 1 aliphatic heterocycles. The number of carbonyl (C=O) groups is 1. The second-order valence-corrected chi connectivity index (χ2v) is 26.7. The third-order valence-corrected chi connectivity index (χ3v) is 22.5. The van der Waals surface area contributed by atoms with E-state index in [1.165, 1.54) is 44.1 Å². The fraction of sp³-hybridized carbons (Fsp3) is 0.830. The smallest absolute Gasteiger partial charge is 0.190 e. The third-order valence-electron chi connectivity index (χ3n) is 19.5. The molecule has 382 valence electrons. The van der Waals surface area contributed by atoms with Gasteiger partial charge in [-0.1, -0.05) is 80.2 Å². The first-order chi connectivity index (χ1) is 32.2. The number of guanidine groups is 1. The first-order valence-corrected chi connectivity index (χ1v) is 28.6. The van der Waals surface area contributed by atoms with Crippen LogP contribution < -0.4 is 16.4 Å². The lowest BCUT2D eigenvalue weighted by Crippen LogP contribution is -2.67. The average Bonchev–Trinajstić information content (AvgIpc) is 4.03. The molecule has 2 bridgehead atoms. The summed E-state index contributed by atoms with van der Waals surface area (Å²) in [6.07, 6.45) is 17.6. The summed E-state index contributed by atoms with van der Waals surface area (Å²) < 4.78 is 2.26. The Hall–Kier alpha value is -1.95. The van der Waals surface area contributed by atoms with Gasteiger partial charge in [0, 0.05) is 72.3 Å². The molecular weight excluding hydrogens is 897 g/mol. The van der Waals surface area contributed by atoms with E-state index in [0.29, 0.717) is 49.6 Å². The van der Waals surface area contributed by atoms with Crippen LogP contribution in [0, 0.1) is 63.1 Å². The molecule has 1 saturated heterocycles. The maximum atomic E-state index is 15.1. The third kappa shape index (κ3) is 9.46. The topological polar surface area (TPSA) is 219 Å². The van der Waals surface area contributed by atoms with E-state index in [9.17, 15) is 30.6 Å². The molecule has 0 amide bonds.